The third-order valence-electron chi connectivity index (χ3n) is 3.54. The molecule has 1 rings (SSSR count). The summed E-state index contributed by atoms with van der Waals surface area (Å²) < 4.78 is 5.32. The van der Waals surface area contributed by atoms with Crippen LogP contribution in [0.5, 0.6) is 11.5 Å². The van der Waals surface area contributed by atoms with Gasteiger partial charge in [0.2, 0.25) is 5.91 Å². The molecule has 0 radical (unpaired) electrons. The lowest BCUT2D eigenvalue weighted by molar-refractivity contribution is -0.120. The van der Waals surface area contributed by atoms with E-state index in [0.717, 1.165) is 18.5 Å². The van der Waals surface area contributed by atoms with Crippen molar-refractivity contribution in [3.05, 3.63) is 23.8 Å². The number of carbonyl (C=O) groups is 1. The van der Waals surface area contributed by atoms with Crippen LogP contribution in [0.4, 0.5) is 0 Å². The van der Waals surface area contributed by atoms with Crippen molar-refractivity contribution in [3.8, 4) is 11.5 Å². The van der Waals surface area contributed by atoms with E-state index in [9.17, 15) is 9.90 Å². The van der Waals surface area contributed by atoms with E-state index in [1.165, 1.54) is 32.1 Å². The number of hydrogen-bond acceptors (Lipinski definition) is 3. The van der Waals surface area contributed by atoms with Crippen LogP contribution in [0.25, 0.3) is 0 Å². The molecule has 0 aliphatic heterocycles. The van der Waals surface area contributed by atoms with Crippen LogP contribution in [-0.4, -0.2) is 24.2 Å². The number of amides is 1. The monoisotopic (exact) mass is 307 g/mol. The minimum absolute atomic E-state index is 0.0155. The summed E-state index contributed by atoms with van der Waals surface area (Å²) in [7, 11) is 0. The molecule has 0 aromatic heterocycles. The molecule has 22 heavy (non-hydrogen) atoms. The minimum atomic E-state index is 0.0155. The minimum Gasteiger partial charge on any atom is -0.504 e. The van der Waals surface area contributed by atoms with Gasteiger partial charge in [-0.3, -0.25) is 4.79 Å². The number of aromatic hydroxyl groups is 1. The van der Waals surface area contributed by atoms with Crippen LogP contribution in [0.1, 0.15) is 57.9 Å². The van der Waals surface area contributed by atoms with Crippen molar-refractivity contribution in [1.29, 1.82) is 0 Å². The molecule has 4 nitrogen and oxygen atoms in total. The third kappa shape index (κ3) is 7.34. The van der Waals surface area contributed by atoms with Gasteiger partial charge in [0.15, 0.2) is 11.5 Å². The molecule has 1 aromatic rings. The number of ether oxygens (including phenoxy) is 1. The number of benzene rings is 1. The first-order valence-corrected chi connectivity index (χ1v) is 8.38. The molecule has 0 unspecified atom stereocenters. The Labute approximate surface area is 133 Å². The number of nitrogens with one attached hydrogen (secondary N) is 1. The van der Waals surface area contributed by atoms with E-state index >= 15 is 0 Å². The van der Waals surface area contributed by atoms with Gasteiger partial charge in [0.05, 0.1) is 13.0 Å². The number of hydrogen-bond donors (Lipinski definition) is 2. The van der Waals surface area contributed by atoms with Gasteiger partial charge >= 0.3 is 0 Å². The highest BCUT2D eigenvalue weighted by Crippen LogP contribution is 2.26. The third-order valence-corrected chi connectivity index (χ3v) is 3.54. The summed E-state index contributed by atoms with van der Waals surface area (Å²) in [5.41, 5.74) is 0.849. The van der Waals surface area contributed by atoms with E-state index in [2.05, 4.69) is 12.2 Å². The zero-order valence-electron chi connectivity index (χ0n) is 13.9. The lowest BCUT2D eigenvalue weighted by atomic mass is 10.1. The topological polar surface area (TPSA) is 58.6 Å². The highest BCUT2D eigenvalue weighted by molar-refractivity contribution is 5.78. The Kier molecular flexibility index (Phi) is 9.12. The molecule has 0 heterocycles. The zero-order chi connectivity index (χ0) is 16.2. The predicted octanol–water partition coefficient (Wildman–Crippen LogP) is 3.81. The average molecular weight is 307 g/mol. The Morgan fingerprint density at radius 3 is 2.59 bits per heavy atom. The molecule has 0 saturated heterocycles. The molecule has 0 fully saturated rings. The van der Waals surface area contributed by atoms with Gasteiger partial charge in [-0.15, -0.1) is 0 Å². The smallest absolute Gasteiger partial charge is 0.224 e. The largest absolute Gasteiger partial charge is 0.504 e. The number of rotatable bonds is 11. The SMILES string of the molecule is CCCCCCCCNC(=O)Cc1ccc(O)c(OCC)c1. The Morgan fingerprint density at radius 1 is 1.14 bits per heavy atom. The van der Waals surface area contributed by atoms with E-state index in [0.29, 0.717) is 18.8 Å². The number of phenolic OH excluding ortho intramolecular Hbond substituents is 1. The summed E-state index contributed by atoms with van der Waals surface area (Å²) in [5, 5.41) is 12.6. The fourth-order valence-electron chi connectivity index (χ4n) is 2.32. The number of unbranched alkanes of at least 4 members (excludes halogenated alkanes) is 5. The van der Waals surface area contributed by atoms with Crippen LogP contribution in [0.2, 0.25) is 0 Å². The molecule has 2 N–H and O–H groups in total. The molecule has 0 aliphatic carbocycles. The quantitative estimate of drug-likeness (QED) is 0.611. The van der Waals surface area contributed by atoms with Crippen molar-refractivity contribution in [2.24, 2.45) is 0 Å². The van der Waals surface area contributed by atoms with Gasteiger partial charge in [0.1, 0.15) is 0 Å². The second-order valence-electron chi connectivity index (χ2n) is 5.53. The Bertz CT molecular complexity index is 446. The molecular formula is C18H29NO3. The highest BCUT2D eigenvalue weighted by atomic mass is 16.5. The average Bonchev–Trinajstić information content (AvgIpc) is 2.50. The van der Waals surface area contributed by atoms with Gasteiger partial charge in [-0.25, -0.2) is 0 Å². The molecule has 1 amide bonds. The number of phenols is 1. The van der Waals surface area contributed by atoms with Gasteiger partial charge in [-0.1, -0.05) is 45.1 Å². The van der Waals surface area contributed by atoms with E-state index < -0.39 is 0 Å². The molecule has 4 heteroatoms. The van der Waals surface area contributed by atoms with E-state index in [1.54, 1.807) is 18.2 Å². The van der Waals surface area contributed by atoms with E-state index in [-0.39, 0.29) is 11.7 Å². The molecule has 0 bridgehead atoms. The first-order valence-electron chi connectivity index (χ1n) is 8.38. The normalized spacial score (nSPS) is 10.5. The van der Waals surface area contributed by atoms with Crippen molar-refractivity contribution in [2.75, 3.05) is 13.2 Å². The van der Waals surface area contributed by atoms with Crippen molar-refractivity contribution < 1.29 is 14.6 Å². The van der Waals surface area contributed by atoms with Crippen LogP contribution >= 0.6 is 0 Å². The summed E-state index contributed by atoms with van der Waals surface area (Å²) in [6, 6.07) is 5.05. The fourth-order valence-corrected chi connectivity index (χ4v) is 2.32. The van der Waals surface area contributed by atoms with Gasteiger partial charge in [0.25, 0.3) is 0 Å². The van der Waals surface area contributed by atoms with E-state index in [4.69, 9.17) is 4.74 Å². The summed E-state index contributed by atoms with van der Waals surface area (Å²) in [5.74, 6) is 0.559. The molecule has 1 aromatic carbocycles. The maximum absolute atomic E-state index is 11.9. The zero-order valence-corrected chi connectivity index (χ0v) is 13.9. The van der Waals surface area contributed by atoms with Gasteiger partial charge < -0.3 is 15.2 Å². The van der Waals surface area contributed by atoms with Crippen LogP contribution < -0.4 is 10.1 Å². The van der Waals surface area contributed by atoms with Crippen molar-refractivity contribution in [1.82, 2.24) is 5.32 Å². The first-order chi connectivity index (χ1) is 10.7. The van der Waals surface area contributed by atoms with Crippen LogP contribution in [-0.2, 0) is 11.2 Å². The predicted molar refractivity (Wildman–Crippen MR) is 89.4 cm³/mol. The highest BCUT2D eigenvalue weighted by Gasteiger charge is 2.07. The van der Waals surface area contributed by atoms with E-state index in [1.807, 2.05) is 6.92 Å². The molecular weight excluding hydrogens is 278 g/mol. The van der Waals surface area contributed by atoms with Crippen molar-refractivity contribution >= 4 is 5.91 Å². The Balaban J connectivity index is 2.26. The van der Waals surface area contributed by atoms with Crippen LogP contribution in [0, 0.1) is 0 Å². The van der Waals surface area contributed by atoms with Gasteiger partial charge in [0, 0.05) is 6.54 Å². The summed E-state index contributed by atoms with van der Waals surface area (Å²) >= 11 is 0. The summed E-state index contributed by atoms with van der Waals surface area (Å²) in [6.45, 7) is 5.29. The molecule has 0 atom stereocenters. The molecule has 124 valence electrons. The Hall–Kier alpha value is -1.71. The first kappa shape index (κ1) is 18.3. The molecule has 0 aliphatic rings. The van der Waals surface area contributed by atoms with Gasteiger partial charge in [-0.05, 0) is 31.0 Å². The maximum Gasteiger partial charge on any atom is 0.224 e. The van der Waals surface area contributed by atoms with Crippen molar-refractivity contribution in [3.63, 3.8) is 0 Å². The lowest BCUT2D eigenvalue weighted by Crippen LogP contribution is -2.26. The second kappa shape index (κ2) is 10.9. The van der Waals surface area contributed by atoms with Crippen molar-refractivity contribution in [2.45, 2.75) is 58.8 Å². The van der Waals surface area contributed by atoms with Gasteiger partial charge in [-0.2, -0.15) is 0 Å². The fraction of sp³-hybridized carbons (Fsp3) is 0.611. The summed E-state index contributed by atoms with van der Waals surface area (Å²) in [6.07, 6.45) is 7.62. The Morgan fingerprint density at radius 2 is 1.86 bits per heavy atom. The summed E-state index contributed by atoms with van der Waals surface area (Å²) in [4.78, 5) is 11.9. The number of carbonyl (C=O) groups excluding carboxylic acids is 1. The lowest BCUT2D eigenvalue weighted by Gasteiger charge is -2.09. The molecule has 0 spiro atoms. The molecule has 0 saturated carbocycles. The maximum atomic E-state index is 11.9. The second-order valence-corrected chi connectivity index (χ2v) is 5.53. The van der Waals surface area contributed by atoms with Crippen LogP contribution in [0.15, 0.2) is 18.2 Å². The van der Waals surface area contributed by atoms with Crippen LogP contribution in [0.3, 0.4) is 0 Å². The standard InChI is InChI=1S/C18H29NO3/c1-3-5-6-7-8-9-12-19-18(21)14-15-10-11-16(20)17(13-15)22-4-2/h10-11,13,20H,3-9,12,14H2,1-2H3,(H,19,21).